The lowest BCUT2D eigenvalue weighted by molar-refractivity contribution is 0.282. The van der Waals surface area contributed by atoms with Gasteiger partial charge in [0, 0.05) is 0 Å². The molecule has 17 heavy (non-hydrogen) atoms. The molecule has 0 aliphatic carbocycles. The first-order chi connectivity index (χ1) is 8.38. The molecule has 2 aromatic carbocycles. The summed E-state index contributed by atoms with van der Waals surface area (Å²) in [7, 11) is 0. The highest BCUT2D eigenvalue weighted by Gasteiger charge is 1.90. The highest BCUT2D eigenvalue weighted by molar-refractivity contribution is 5.80. The quantitative estimate of drug-likeness (QED) is 0.621. The molecule has 0 amide bonds. The van der Waals surface area contributed by atoms with Crippen LogP contribution in [0.4, 0.5) is 5.69 Å². The fraction of sp³-hybridized carbons (Fsp3) is 0.0714. The third-order valence-electron chi connectivity index (χ3n) is 2.34. The highest BCUT2D eigenvalue weighted by Crippen LogP contribution is 2.05. The van der Waals surface area contributed by atoms with Gasteiger partial charge in [0.05, 0.1) is 18.5 Å². The second kappa shape index (κ2) is 5.82. The van der Waals surface area contributed by atoms with Gasteiger partial charge < -0.3 is 5.11 Å². The third-order valence-corrected chi connectivity index (χ3v) is 2.34. The highest BCUT2D eigenvalue weighted by atomic mass is 16.3. The van der Waals surface area contributed by atoms with Gasteiger partial charge in [-0.25, -0.2) is 0 Å². The molecule has 0 unspecified atom stereocenters. The van der Waals surface area contributed by atoms with Crippen LogP contribution in [0.2, 0.25) is 0 Å². The number of hydrogen-bond acceptors (Lipinski definition) is 3. The van der Waals surface area contributed by atoms with E-state index in [1.54, 1.807) is 6.21 Å². The van der Waals surface area contributed by atoms with Crippen LogP contribution >= 0.6 is 0 Å². The average Bonchev–Trinajstić information content (AvgIpc) is 2.41. The maximum absolute atomic E-state index is 8.91. The van der Waals surface area contributed by atoms with Crippen molar-refractivity contribution in [1.29, 1.82) is 0 Å². The summed E-state index contributed by atoms with van der Waals surface area (Å²) >= 11 is 0. The summed E-state index contributed by atoms with van der Waals surface area (Å²) in [5.41, 5.74) is 5.79. The Morgan fingerprint density at radius 1 is 1.00 bits per heavy atom. The van der Waals surface area contributed by atoms with Gasteiger partial charge in [-0.1, -0.05) is 42.5 Å². The first-order valence-corrected chi connectivity index (χ1v) is 5.42. The molecule has 0 aromatic heterocycles. The maximum atomic E-state index is 8.91. The monoisotopic (exact) mass is 226 g/mol. The number of nitrogens with one attached hydrogen (secondary N) is 1. The molecule has 0 heterocycles. The summed E-state index contributed by atoms with van der Waals surface area (Å²) in [6.45, 7) is 0.0691. The van der Waals surface area contributed by atoms with E-state index in [-0.39, 0.29) is 6.61 Å². The van der Waals surface area contributed by atoms with Crippen molar-refractivity contribution in [1.82, 2.24) is 0 Å². The van der Waals surface area contributed by atoms with Crippen LogP contribution in [0.5, 0.6) is 0 Å². The third kappa shape index (κ3) is 3.43. The molecular formula is C14H14N2O. The molecule has 3 nitrogen and oxygen atoms in total. The molecule has 0 bridgehead atoms. The van der Waals surface area contributed by atoms with Crippen LogP contribution in [0.1, 0.15) is 11.1 Å². The van der Waals surface area contributed by atoms with E-state index >= 15 is 0 Å². The van der Waals surface area contributed by atoms with Gasteiger partial charge in [-0.15, -0.1) is 0 Å². The molecule has 86 valence electrons. The Bertz CT molecular complexity index is 477. The number of hydrogen-bond donors (Lipinski definition) is 2. The molecular weight excluding hydrogens is 212 g/mol. The predicted molar refractivity (Wildman–Crippen MR) is 70.0 cm³/mol. The summed E-state index contributed by atoms with van der Waals surface area (Å²) in [5.74, 6) is 0. The summed E-state index contributed by atoms with van der Waals surface area (Å²) in [6.07, 6.45) is 1.74. The number of para-hydroxylation sites is 1. The van der Waals surface area contributed by atoms with Crippen LogP contribution in [0.3, 0.4) is 0 Å². The Morgan fingerprint density at radius 3 is 2.35 bits per heavy atom. The maximum Gasteiger partial charge on any atom is 0.0681 e. The average molecular weight is 226 g/mol. The molecule has 0 aliphatic heterocycles. The first-order valence-electron chi connectivity index (χ1n) is 5.42. The number of aliphatic hydroxyl groups excluding tert-OH is 1. The summed E-state index contributed by atoms with van der Waals surface area (Å²) in [4.78, 5) is 0. The van der Waals surface area contributed by atoms with Crippen LogP contribution in [0, 0.1) is 0 Å². The molecule has 2 aromatic rings. The SMILES string of the molecule is OCc1ccc(C=NNc2ccccc2)cc1. The van der Waals surface area contributed by atoms with Crippen molar-refractivity contribution in [3.63, 3.8) is 0 Å². The van der Waals surface area contributed by atoms with Crippen LogP contribution in [-0.2, 0) is 6.61 Å². The fourth-order valence-electron chi connectivity index (χ4n) is 1.40. The minimum absolute atomic E-state index is 0.0691. The Balaban J connectivity index is 1.96. The summed E-state index contributed by atoms with van der Waals surface area (Å²) < 4.78 is 0. The molecule has 0 radical (unpaired) electrons. The zero-order valence-corrected chi connectivity index (χ0v) is 9.38. The van der Waals surface area contributed by atoms with Gasteiger partial charge in [-0.3, -0.25) is 5.43 Å². The molecule has 0 fully saturated rings. The largest absolute Gasteiger partial charge is 0.392 e. The van der Waals surface area contributed by atoms with Crippen LogP contribution in [0.15, 0.2) is 59.7 Å². The van der Waals surface area contributed by atoms with E-state index in [9.17, 15) is 0 Å². The van der Waals surface area contributed by atoms with E-state index in [2.05, 4.69) is 10.5 Å². The Morgan fingerprint density at radius 2 is 1.71 bits per heavy atom. The lowest BCUT2D eigenvalue weighted by Crippen LogP contribution is -1.90. The van der Waals surface area contributed by atoms with E-state index in [0.29, 0.717) is 0 Å². The Kier molecular flexibility index (Phi) is 3.89. The second-order valence-corrected chi connectivity index (χ2v) is 3.64. The van der Waals surface area contributed by atoms with Gasteiger partial charge in [0.15, 0.2) is 0 Å². The van der Waals surface area contributed by atoms with Crippen molar-refractivity contribution in [2.45, 2.75) is 6.61 Å². The van der Waals surface area contributed by atoms with Crippen molar-refractivity contribution >= 4 is 11.9 Å². The van der Waals surface area contributed by atoms with Crippen molar-refractivity contribution < 1.29 is 5.11 Å². The second-order valence-electron chi connectivity index (χ2n) is 3.64. The van der Waals surface area contributed by atoms with Gasteiger partial charge in [-0.2, -0.15) is 5.10 Å². The van der Waals surface area contributed by atoms with Crippen molar-refractivity contribution in [3.8, 4) is 0 Å². The smallest absolute Gasteiger partial charge is 0.0681 e. The zero-order chi connectivity index (χ0) is 11.9. The normalized spacial score (nSPS) is 10.6. The predicted octanol–water partition coefficient (Wildman–Crippen LogP) is 2.62. The number of rotatable bonds is 4. The van der Waals surface area contributed by atoms with E-state index in [1.165, 1.54) is 0 Å². The molecule has 2 rings (SSSR count). The molecule has 2 N–H and O–H groups in total. The fourth-order valence-corrected chi connectivity index (χ4v) is 1.40. The molecule has 0 saturated heterocycles. The van der Waals surface area contributed by atoms with Gasteiger partial charge in [0.25, 0.3) is 0 Å². The van der Waals surface area contributed by atoms with Crippen molar-refractivity contribution in [2.75, 3.05) is 5.43 Å². The minimum Gasteiger partial charge on any atom is -0.392 e. The Hall–Kier alpha value is -2.13. The van der Waals surface area contributed by atoms with Crippen LogP contribution < -0.4 is 5.43 Å². The zero-order valence-electron chi connectivity index (χ0n) is 9.38. The topological polar surface area (TPSA) is 44.6 Å². The molecule has 0 saturated carbocycles. The number of hydrazone groups is 1. The lowest BCUT2D eigenvalue weighted by atomic mass is 10.2. The van der Waals surface area contributed by atoms with Gasteiger partial charge in [0.2, 0.25) is 0 Å². The van der Waals surface area contributed by atoms with Gasteiger partial charge in [-0.05, 0) is 23.3 Å². The number of anilines is 1. The van der Waals surface area contributed by atoms with Crippen LogP contribution in [0.25, 0.3) is 0 Å². The molecule has 3 heteroatoms. The van der Waals surface area contributed by atoms with E-state index in [0.717, 1.165) is 16.8 Å². The van der Waals surface area contributed by atoms with Crippen molar-refractivity contribution in [3.05, 3.63) is 65.7 Å². The lowest BCUT2D eigenvalue weighted by Gasteiger charge is -1.99. The summed E-state index contributed by atoms with van der Waals surface area (Å²) in [5, 5.41) is 13.0. The standard InChI is InChI=1S/C14H14N2O/c17-11-13-8-6-12(7-9-13)10-15-16-14-4-2-1-3-5-14/h1-10,16-17H,11H2. The van der Waals surface area contributed by atoms with Crippen molar-refractivity contribution in [2.24, 2.45) is 5.10 Å². The Labute approximate surface area is 100 Å². The van der Waals surface area contributed by atoms with E-state index in [4.69, 9.17) is 5.11 Å². The minimum atomic E-state index is 0.0691. The molecule has 0 aliphatic rings. The van der Waals surface area contributed by atoms with Crippen LogP contribution in [-0.4, -0.2) is 11.3 Å². The first kappa shape index (κ1) is 11.4. The van der Waals surface area contributed by atoms with Gasteiger partial charge >= 0.3 is 0 Å². The number of nitrogens with zero attached hydrogens (tertiary/aromatic N) is 1. The number of aliphatic hydroxyl groups is 1. The summed E-state index contributed by atoms with van der Waals surface area (Å²) in [6, 6.07) is 17.4. The van der Waals surface area contributed by atoms with E-state index in [1.807, 2.05) is 54.6 Å². The van der Waals surface area contributed by atoms with Gasteiger partial charge in [0.1, 0.15) is 0 Å². The number of benzene rings is 2. The van der Waals surface area contributed by atoms with E-state index < -0.39 is 0 Å². The molecule has 0 atom stereocenters. The molecule has 0 spiro atoms.